The van der Waals surface area contributed by atoms with Gasteiger partial charge >= 0.3 is 0 Å². The van der Waals surface area contributed by atoms with Gasteiger partial charge in [-0.15, -0.1) is 11.3 Å². The summed E-state index contributed by atoms with van der Waals surface area (Å²) >= 11 is 1.61. The van der Waals surface area contributed by atoms with Gasteiger partial charge in [-0.05, 0) is 25.2 Å². The second kappa shape index (κ2) is 4.97. The largest absolute Gasteiger partial charge is 0.304 e. The summed E-state index contributed by atoms with van der Waals surface area (Å²) in [5.74, 6) is 1.04. The van der Waals surface area contributed by atoms with Crippen LogP contribution in [0.5, 0.6) is 0 Å². The molecule has 0 radical (unpaired) electrons. The van der Waals surface area contributed by atoms with Crippen molar-refractivity contribution in [3.8, 4) is 0 Å². The number of carbonyl (C=O) groups excluding carboxylic acids is 1. The van der Waals surface area contributed by atoms with Gasteiger partial charge in [-0.3, -0.25) is 9.20 Å². The van der Waals surface area contributed by atoms with Gasteiger partial charge in [-0.25, -0.2) is 4.98 Å². The molecule has 2 fully saturated rings. The Labute approximate surface area is 122 Å². The van der Waals surface area contributed by atoms with Gasteiger partial charge in [0, 0.05) is 23.8 Å². The Bertz CT molecular complexity index is 589. The molecule has 0 amide bonds. The molecule has 1 aliphatic carbocycles. The fourth-order valence-electron chi connectivity index (χ4n) is 3.73. The molecular formula is C15H19N3OS. The Balaban J connectivity index is 1.44. The van der Waals surface area contributed by atoms with E-state index in [0.29, 0.717) is 18.2 Å². The van der Waals surface area contributed by atoms with Gasteiger partial charge in [0.15, 0.2) is 10.7 Å². The molecule has 3 unspecified atom stereocenters. The molecule has 1 saturated carbocycles. The Morgan fingerprint density at radius 2 is 2.35 bits per heavy atom. The van der Waals surface area contributed by atoms with Crippen molar-refractivity contribution in [1.82, 2.24) is 14.7 Å². The summed E-state index contributed by atoms with van der Waals surface area (Å²) in [6.07, 6.45) is 10.6. The maximum absolute atomic E-state index is 12.4. The van der Waals surface area contributed by atoms with Crippen LogP contribution in [0.3, 0.4) is 0 Å². The van der Waals surface area contributed by atoms with E-state index >= 15 is 0 Å². The number of rotatable bonds is 3. The molecule has 0 bridgehead atoms. The molecule has 3 atom stereocenters. The van der Waals surface area contributed by atoms with Crippen molar-refractivity contribution < 1.29 is 4.79 Å². The van der Waals surface area contributed by atoms with E-state index in [1.165, 1.54) is 25.7 Å². The minimum absolute atomic E-state index is 0.0582. The van der Waals surface area contributed by atoms with Crippen LogP contribution in [0.4, 0.5) is 0 Å². The smallest absolute Gasteiger partial charge is 0.193 e. The standard InChI is InChI=1S/C15H19N3OS/c19-14(8-11-9-18-5-6-20-15(18)16-11)13-7-10-3-1-2-4-12(10)17-13/h5-6,9-10,12-13,17H,1-4,7-8H2. The van der Waals surface area contributed by atoms with Gasteiger partial charge in [-0.1, -0.05) is 12.8 Å². The van der Waals surface area contributed by atoms with Crippen molar-refractivity contribution >= 4 is 22.1 Å². The number of thiazole rings is 1. The lowest BCUT2D eigenvalue weighted by Gasteiger charge is -2.24. The van der Waals surface area contributed by atoms with E-state index in [-0.39, 0.29) is 6.04 Å². The van der Waals surface area contributed by atoms with E-state index in [0.717, 1.165) is 23.0 Å². The van der Waals surface area contributed by atoms with Crippen molar-refractivity contribution in [1.29, 1.82) is 0 Å². The number of Topliss-reactive ketones (excluding diaryl/α,β-unsaturated/α-hetero) is 1. The summed E-state index contributed by atoms with van der Waals surface area (Å²) in [5.41, 5.74) is 0.901. The number of nitrogens with zero attached hydrogens (tertiary/aromatic N) is 2. The van der Waals surface area contributed by atoms with Gasteiger partial charge in [0.25, 0.3) is 0 Å². The number of carbonyl (C=O) groups is 1. The Kier molecular flexibility index (Phi) is 3.11. The summed E-state index contributed by atoms with van der Waals surface area (Å²) in [6.45, 7) is 0. The zero-order valence-corrected chi connectivity index (χ0v) is 12.2. The van der Waals surface area contributed by atoms with E-state index in [9.17, 15) is 4.79 Å². The number of imidazole rings is 1. The molecule has 3 heterocycles. The van der Waals surface area contributed by atoms with Crippen LogP contribution in [-0.4, -0.2) is 27.3 Å². The Morgan fingerprint density at radius 1 is 1.45 bits per heavy atom. The van der Waals surface area contributed by atoms with E-state index in [2.05, 4.69) is 10.3 Å². The first-order chi connectivity index (χ1) is 9.79. The van der Waals surface area contributed by atoms with Crippen molar-refractivity contribution in [3.05, 3.63) is 23.5 Å². The molecule has 1 saturated heterocycles. The summed E-state index contributed by atoms with van der Waals surface area (Å²) in [5, 5.41) is 5.57. The van der Waals surface area contributed by atoms with Crippen molar-refractivity contribution in [2.45, 2.75) is 50.6 Å². The molecule has 106 valence electrons. The van der Waals surface area contributed by atoms with Gasteiger partial charge < -0.3 is 5.32 Å². The monoisotopic (exact) mass is 289 g/mol. The zero-order valence-electron chi connectivity index (χ0n) is 11.4. The third kappa shape index (κ3) is 2.19. The number of hydrogen-bond donors (Lipinski definition) is 1. The third-order valence-electron chi connectivity index (χ3n) is 4.75. The van der Waals surface area contributed by atoms with Gasteiger partial charge in [0.1, 0.15) is 0 Å². The quantitative estimate of drug-likeness (QED) is 0.944. The molecule has 1 N–H and O–H groups in total. The van der Waals surface area contributed by atoms with E-state index in [1.54, 1.807) is 11.3 Å². The minimum Gasteiger partial charge on any atom is -0.304 e. The summed E-state index contributed by atoms with van der Waals surface area (Å²) in [6, 6.07) is 0.644. The number of fused-ring (bicyclic) bond motifs is 2. The molecule has 2 aromatic heterocycles. The predicted molar refractivity (Wildman–Crippen MR) is 79.1 cm³/mol. The van der Waals surface area contributed by atoms with E-state index < -0.39 is 0 Å². The number of ketones is 1. The van der Waals surface area contributed by atoms with E-state index in [1.807, 2.05) is 22.2 Å². The highest BCUT2D eigenvalue weighted by Crippen LogP contribution is 2.33. The molecule has 4 nitrogen and oxygen atoms in total. The SMILES string of the molecule is O=C(Cc1cn2ccsc2n1)C1CC2CCCCC2N1. The highest BCUT2D eigenvalue weighted by molar-refractivity contribution is 7.15. The maximum atomic E-state index is 12.4. The van der Waals surface area contributed by atoms with Crippen LogP contribution < -0.4 is 5.32 Å². The first-order valence-electron chi connectivity index (χ1n) is 7.49. The Hall–Kier alpha value is -1.20. The molecular weight excluding hydrogens is 270 g/mol. The topological polar surface area (TPSA) is 46.4 Å². The second-order valence-electron chi connectivity index (χ2n) is 6.07. The van der Waals surface area contributed by atoms with Crippen LogP contribution in [0.25, 0.3) is 4.96 Å². The third-order valence-corrected chi connectivity index (χ3v) is 5.52. The summed E-state index contributed by atoms with van der Waals surface area (Å²) in [4.78, 5) is 17.9. The molecule has 2 aliphatic rings. The molecule has 20 heavy (non-hydrogen) atoms. The van der Waals surface area contributed by atoms with Crippen molar-refractivity contribution in [3.63, 3.8) is 0 Å². The predicted octanol–water partition coefficient (Wildman–Crippen LogP) is 2.43. The fraction of sp³-hybridized carbons (Fsp3) is 0.600. The molecule has 1 aliphatic heterocycles. The highest BCUT2D eigenvalue weighted by Gasteiger charge is 2.37. The van der Waals surface area contributed by atoms with Crippen LogP contribution in [0.2, 0.25) is 0 Å². The molecule has 2 aromatic rings. The van der Waals surface area contributed by atoms with Crippen LogP contribution >= 0.6 is 11.3 Å². The molecule has 5 heteroatoms. The summed E-state index contributed by atoms with van der Waals surface area (Å²) < 4.78 is 2.00. The van der Waals surface area contributed by atoms with Crippen LogP contribution in [0, 0.1) is 5.92 Å². The van der Waals surface area contributed by atoms with Crippen molar-refractivity contribution in [2.24, 2.45) is 5.92 Å². The lowest BCUT2D eigenvalue weighted by Crippen LogP contribution is -2.37. The first-order valence-corrected chi connectivity index (χ1v) is 8.37. The lowest BCUT2D eigenvalue weighted by atomic mass is 9.84. The second-order valence-corrected chi connectivity index (χ2v) is 6.95. The van der Waals surface area contributed by atoms with Crippen LogP contribution in [0.15, 0.2) is 17.8 Å². The van der Waals surface area contributed by atoms with E-state index in [4.69, 9.17) is 0 Å². The number of nitrogens with one attached hydrogen (secondary N) is 1. The zero-order chi connectivity index (χ0) is 13.5. The van der Waals surface area contributed by atoms with Crippen LogP contribution in [0.1, 0.15) is 37.8 Å². The first kappa shape index (κ1) is 12.5. The average molecular weight is 289 g/mol. The fourth-order valence-corrected chi connectivity index (χ4v) is 4.44. The number of aromatic nitrogens is 2. The molecule has 0 aromatic carbocycles. The van der Waals surface area contributed by atoms with Crippen LogP contribution in [-0.2, 0) is 11.2 Å². The normalized spacial score (nSPS) is 29.7. The minimum atomic E-state index is 0.0582. The van der Waals surface area contributed by atoms with Gasteiger partial charge in [0.2, 0.25) is 0 Å². The van der Waals surface area contributed by atoms with Gasteiger partial charge in [0.05, 0.1) is 18.2 Å². The van der Waals surface area contributed by atoms with Gasteiger partial charge in [-0.2, -0.15) is 0 Å². The maximum Gasteiger partial charge on any atom is 0.193 e. The Morgan fingerprint density at radius 3 is 3.20 bits per heavy atom. The lowest BCUT2D eigenvalue weighted by molar-refractivity contribution is -0.120. The number of hydrogen-bond acceptors (Lipinski definition) is 4. The summed E-state index contributed by atoms with van der Waals surface area (Å²) in [7, 11) is 0. The highest BCUT2D eigenvalue weighted by atomic mass is 32.1. The molecule has 0 spiro atoms. The molecule has 4 rings (SSSR count). The van der Waals surface area contributed by atoms with Crippen molar-refractivity contribution in [2.75, 3.05) is 0 Å². The average Bonchev–Trinajstić information content (AvgIpc) is 3.10.